The van der Waals surface area contributed by atoms with Gasteiger partial charge in [-0.3, -0.25) is 14.6 Å². The number of thiophene rings is 1. The van der Waals surface area contributed by atoms with E-state index in [0.717, 1.165) is 31.7 Å². The average Bonchev–Trinajstić information content (AvgIpc) is 3.06. The number of hydrogen-bond acceptors (Lipinski definition) is 6. The number of anilines is 1. The van der Waals surface area contributed by atoms with E-state index in [1.54, 1.807) is 30.7 Å². The van der Waals surface area contributed by atoms with Crippen molar-refractivity contribution in [3.05, 3.63) is 40.5 Å². The summed E-state index contributed by atoms with van der Waals surface area (Å²) in [5.41, 5.74) is 0. The van der Waals surface area contributed by atoms with E-state index in [-0.39, 0.29) is 17.7 Å². The van der Waals surface area contributed by atoms with Gasteiger partial charge in [-0.1, -0.05) is 0 Å². The lowest BCUT2D eigenvalue weighted by molar-refractivity contribution is 0.0936. The Morgan fingerprint density at radius 3 is 2.83 bits per heavy atom. The highest BCUT2D eigenvalue weighted by molar-refractivity contribution is 7.15. The predicted octanol–water partition coefficient (Wildman–Crippen LogP) is 2.14. The van der Waals surface area contributed by atoms with Crippen molar-refractivity contribution in [2.75, 3.05) is 18.0 Å². The summed E-state index contributed by atoms with van der Waals surface area (Å²) in [4.78, 5) is 35.4. The third-order valence-corrected chi connectivity index (χ3v) is 4.99. The number of nitrogens with one attached hydrogen (secondary N) is 1. The van der Waals surface area contributed by atoms with Crippen LogP contribution in [0.1, 0.15) is 39.1 Å². The molecule has 1 aliphatic rings. The molecule has 3 rings (SSSR count). The lowest BCUT2D eigenvalue weighted by Crippen LogP contribution is -2.48. The van der Waals surface area contributed by atoms with E-state index < -0.39 is 0 Å². The monoisotopic (exact) mass is 330 g/mol. The third kappa shape index (κ3) is 3.73. The molecule has 1 fully saturated rings. The van der Waals surface area contributed by atoms with E-state index in [0.29, 0.717) is 9.75 Å². The van der Waals surface area contributed by atoms with Crippen LogP contribution in [0.15, 0.2) is 30.7 Å². The fourth-order valence-electron chi connectivity index (χ4n) is 2.66. The van der Waals surface area contributed by atoms with Crippen molar-refractivity contribution < 1.29 is 9.59 Å². The highest BCUT2D eigenvalue weighted by Gasteiger charge is 2.23. The lowest BCUT2D eigenvalue weighted by atomic mass is 10.1. The molecule has 2 aromatic rings. The first-order valence-electron chi connectivity index (χ1n) is 7.56. The van der Waals surface area contributed by atoms with Crippen molar-refractivity contribution in [3.8, 4) is 0 Å². The SMILES string of the molecule is CC(=O)c1ccc(C(=O)N[C@@H]2CCCN(c3cnccn3)C2)s1. The molecular formula is C16H18N4O2S. The van der Waals surface area contributed by atoms with E-state index in [1.807, 2.05) is 0 Å². The molecule has 7 heteroatoms. The van der Waals surface area contributed by atoms with E-state index in [9.17, 15) is 9.59 Å². The summed E-state index contributed by atoms with van der Waals surface area (Å²) < 4.78 is 0. The van der Waals surface area contributed by atoms with Crippen LogP contribution in [-0.4, -0.2) is 40.8 Å². The van der Waals surface area contributed by atoms with Crippen LogP contribution in [0.5, 0.6) is 0 Å². The fraction of sp³-hybridized carbons (Fsp3) is 0.375. The van der Waals surface area contributed by atoms with Crippen molar-refractivity contribution in [2.24, 2.45) is 0 Å². The molecule has 1 N–H and O–H groups in total. The second-order valence-corrected chi connectivity index (χ2v) is 6.63. The molecule has 0 bridgehead atoms. The van der Waals surface area contributed by atoms with E-state index in [2.05, 4.69) is 20.2 Å². The second kappa shape index (κ2) is 6.87. The first-order chi connectivity index (χ1) is 11.1. The Bertz CT molecular complexity index is 701. The number of nitrogens with zero attached hydrogens (tertiary/aromatic N) is 3. The molecule has 2 aromatic heterocycles. The van der Waals surface area contributed by atoms with Gasteiger partial charge in [0.15, 0.2) is 5.78 Å². The maximum absolute atomic E-state index is 12.3. The molecule has 0 radical (unpaired) electrons. The quantitative estimate of drug-likeness (QED) is 0.869. The Balaban J connectivity index is 1.63. The predicted molar refractivity (Wildman–Crippen MR) is 89.1 cm³/mol. The highest BCUT2D eigenvalue weighted by Crippen LogP contribution is 2.19. The van der Waals surface area contributed by atoms with Gasteiger partial charge in [0.1, 0.15) is 5.82 Å². The average molecular weight is 330 g/mol. The van der Waals surface area contributed by atoms with Crippen LogP contribution in [0.25, 0.3) is 0 Å². The van der Waals surface area contributed by atoms with Gasteiger partial charge < -0.3 is 10.2 Å². The Morgan fingerprint density at radius 2 is 2.13 bits per heavy atom. The van der Waals surface area contributed by atoms with Gasteiger partial charge >= 0.3 is 0 Å². The molecule has 3 heterocycles. The summed E-state index contributed by atoms with van der Waals surface area (Å²) in [5.74, 6) is 0.704. The second-order valence-electron chi connectivity index (χ2n) is 5.54. The van der Waals surface area contributed by atoms with Crippen LogP contribution in [0.3, 0.4) is 0 Å². The minimum absolute atomic E-state index is 0.0134. The molecule has 0 aromatic carbocycles. The summed E-state index contributed by atoms with van der Waals surface area (Å²) >= 11 is 1.24. The van der Waals surface area contributed by atoms with Crippen molar-refractivity contribution >= 4 is 28.8 Å². The number of amides is 1. The van der Waals surface area contributed by atoms with E-state index >= 15 is 0 Å². The lowest BCUT2D eigenvalue weighted by Gasteiger charge is -2.33. The Hall–Kier alpha value is -2.28. The van der Waals surface area contributed by atoms with Gasteiger partial charge in [-0.2, -0.15) is 0 Å². The maximum Gasteiger partial charge on any atom is 0.261 e. The van der Waals surface area contributed by atoms with E-state index in [1.165, 1.54) is 18.3 Å². The molecule has 0 spiro atoms. The number of carbonyl (C=O) groups is 2. The number of Topliss-reactive ketones (excluding diaryl/α,β-unsaturated/α-hetero) is 1. The minimum Gasteiger partial charge on any atom is -0.353 e. The maximum atomic E-state index is 12.3. The summed E-state index contributed by atoms with van der Waals surface area (Å²) in [6.07, 6.45) is 6.99. The topological polar surface area (TPSA) is 75.2 Å². The molecule has 1 atom stereocenters. The highest BCUT2D eigenvalue weighted by atomic mass is 32.1. The zero-order valence-electron chi connectivity index (χ0n) is 12.9. The first-order valence-corrected chi connectivity index (χ1v) is 8.38. The summed E-state index contributed by atoms with van der Waals surface area (Å²) in [7, 11) is 0. The minimum atomic E-state index is -0.117. The smallest absolute Gasteiger partial charge is 0.261 e. The van der Waals surface area contributed by atoms with Gasteiger partial charge in [0.25, 0.3) is 5.91 Å². The molecule has 1 aliphatic heterocycles. The Kier molecular flexibility index (Phi) is 4.66. The standard InChI is InChI=1S/C16H18N4O2S/c1-11(21)13-4-5-14(23-13)16(22)19-12-3-2-8-20(10-12)15-9-17-6-7-18-15/h4-7,9,12H,2-3,8,10H2,1H3,(H,19,22)/t12-/m1/s1. The number of aromatic nitrogens is 2. The largest absolute Gasteiger partial charge is 0.353 e. The number of hydrogen-bond donors (Lipinski definition) is 1. The third-order valence-electron chi connectivity index (χ3n) is 3.81. The van der Waals surface area contributed by atoms with Gasteiger partial charge in [0.05, 0.1) is 16.0 Å². The number of carbonyl (C=O) groups excluding carboxylic acids is 2. The number of piperidine rings is 1. The van der Waals surface area contributed by atoms with Crippen LogP contribution < -0.4 is 10.2 Å². The normalized spacial score (nSPS) is 17.8. The van der Waals surface area contributed by atoms with Gasteiger partial charge in [-0.25, -0.2) is 4.98 Å². The molecule has 0 aliphatic carbocycles. The zero-order chi connectivity index (χ0) is 16.2. The Labute approximate surface area is 138 Å². The number of ketones is 1. The van der Waals surface area contributed by atoms with Crippen LogP contribution in [0, 0.1) is 0 Å². The fourth-order valence-corrected chi connectivity index (χ4v) is 3.47. The van der Waals surface area contributed by atoms with Crippen LogP contribution in [0.4, 0.5) is 5.82 Å². The summed E-state index contributed by atoms with van der Waals surface area (Å²) in [6.45, 7) is 3.14. The van der Waals surface area contributed by atoms with Crippen molar-refractivity contribution in [1.82, 2.24) is 15.3 Å². The van der Waals surface area contributed by atoms with Crippen LogP contribution in [0.2, 0.25) is 0 Å². The summed E-state index contributed by atoms with van der Waals surface area (Å²) in [6, 6.07) is 3.48. The molecule has 1 amide bonds. The molecule has 0 unspecified atom stereocenters. The van der Waals surface area contributed by atoms with E-state index in [4.69, 9.17) is 0 Å². The van der Waals surface area contributed by atoms with Crippen LogP contribution >= 0.6 is 11.3 Å². The van der Waals surface area contributed by atoms with Gasteiger partial charge in [-0.15, -0.1) is 11.3 Å². The number of rotatable bonds is 4. The molecular weight excluding hydrogens is 312 g/mol. The van der Waals surface area contributed by atoms with Gasteiger partial charge in [-0.05, 0) is 31.9 Å². The zero-order valence-corrected chi connectivity index (χ0v) is 13.7. The molecule has 120 valence electrons. The molecule has 23 heavy (non-hydrogen) atoms. The summed E-state index contributed by atoms with van der Waals surface area (Å²) in [5, 5.41) is 3.06. The molecule has 0 saturated carbocycles. The van der Waals surface area contributed by atoms with Crippen molar-refractivity contribution in [2.45, 2.75) is 25.8 Å². The molecule has 6 nitrogen and oxygen atoms in total. The van der Waals surface area contributed by atoms with Crippen molar-refractivity contribution in [3.63, 3.8) is 0 Å². The molecule has 1 saturated heterocycles. The van der Waals surface area contributed by atoms with Gasteiger partial charge in [0.2, 0.25) is 0 Å². The van der Waals surface area contributed by atoms with Gasteiger partial charge in [0, 0.05) is 31.5 Å². The first kappa shape index (κ1) is 15.6. The Morgan fingerprint density at radius 1 is 1.30 bits per heavy atom. The van der Waals surface area contributed by atoms with Crippen LogP contribution in [-0.2, 0) is 0 Å². The van der Waals surface area contributed by atoms with Crippen molar-refractivity contribution in [1.29, 1.82) is 0 Å².